The molecule has 2 unspecified atom stereocenters. The molecule has 3 N–H and O–H groups in total. The number of fused-ring (bicyclic) bond motifs is 1. The van der Waals surface area contributed by atoms with Gasteiger partial charge in [0.1, 0.15) is 6.10 Å². The Morgan fingerprint density at radius 3 is 3.12 bits per heavy atom. The van der Waals surface area contributed by atoms with Crippen molar-refractivity contribution in [3.05, 3.63) is 0 Å². The quantitative estimate of drug-likeness (QED) is 0.500. The lowest BCUT2D eigenvalue weighted by Crippen LogP contribution is -2.41. The molecule has 0 aromatic heterocycles. The van der Waals surface area contributed by atoms with E-state index in [1.807, 2.05) is 6.92 Å². The number of aliphatic hydroxyl groups is 1. The van der Waals surface area contributed by atoms with Crippen molar-refractivity contribution in [2.45, 2.75) is 51.2 Å². The summed E-state index contributed by atoms with van der Waals surface area (Å²) in [5.41, 5.74) is -0.0669. The van der Waals surface area contributed by atoms with E-state index in [0.717, 1.165) is 32.2 Å². The predicted octanol–water partition coefficient (Wildman–Crippen LogP) is 1.28. The van der Waals surface area contributed by atoms with E-state index in [9.17, 15) is 0 Å². The normalized spacial score (nSPS) is 34.8. The molecule has 1 saturated heterocycles. The largest absolute Gasteiger partial charge is 0.475 e. The zero-order valence-corrected chi connectivity index (χ0v) is 9.96. The second-order valence-electron chi connectivity index (χ2n) is 4.96. The van der Waals surface area contributed by atoms with Crippen LogP contribution in [0.2, 0.25) is 0 Å². The molecule has 0 spiro atoms. The topological polar surface area (TPSA) is 65.3 Å². The van der Waals surface area contributed by atoms with Crippen LogP contribution in [-0.2, 0) is 4.74 Å². The predicted molar refractivity (Wildman–Crippen MR) is 62.7 cm³/mol. The minimum Gasteiger partial charge on any atom is -0.475 e. The van der Waals surface area contributed by atoms with Gasteiger partial charge in [0.15, 0.2) is 5.90 Å². The first-order valence-corrected chi connectivity index (χ1v) is 6.33. The maximum absolute atomic E-state index is 9.12. The Kier molecular flexibility index (Phi) is 3.50. The van der Waals surface area contributed by atoms with Crippen LogP contribution < -0.4 is 5.32 Å². The molecular formula is C12H22N2O2. The van der Waals surface area contributed by atoms with Crippen molar-refractivity contribution in [2.75, 3.05) is 13.2 Å². The first kappa shape index (κ1) is 11.9. The molecule has 0 radical (unpaired) electrons. The van der Waals surface area contributed by atoms with E-state index in [1.165, 1.54) is 6.42 Å². The molecule has 1 saturated carbocycles. The molecule has 0 amide bonds. The molecule has 2 rings (SSSR count). The van der Waals surface area contributed by atoms with Crippen molar-refractivity contribution in [1.29, 1.82) is 5.41 Å². The van der Waals surface area contributed by atoms with Gasteiger partial charge in [-0.05, 0) is 32.2 Å². The van der Waals surface area contributed by atoms with Crippen molar-refractivity contribution in [3.8, 4) is 0 Å². The summed E-state index contributed by atoms with van der Waals surface area (Å²) in [5.74, 6) is 0.404. The molecule has 4 heteroatoms. The lowest BCUT2D eigenvalue weighted by molar-refractivity contribution is 0.0841. The van der Waals surface area contributed by atoms with Gasteiger partial charge in [0, 0.05) is 6.04 Å². The van der Waals surface area contributed by atoms with Gasteiger partial charge in [-0.25, -0.2) is 0 Å². The SMILES string of the molecule is CCC(CO)OC(=N)[C@]12CCCC1NCC2. The Hall–Kier alpha value is -0.610. The van der Waals surface area contributed by atoms with Crippen LogP contribution in [-0.4, -0.2) is 36.3 Å². The van der Waals surface area contributed by atoms with Gasteiger partial charge < -0.3 is 15.2 Å². The van der Waals surface area contributed by atoms with E-state index in [2.05, 4.69) is 5.32 Å². The minimum atomic E-state index is -0.205. The highest BCUT2D eigenvalue weighted by Gasteiger charge is 2.50. The van der Waals surface area contributed by atoms with E-state index >= 15 is 0 Å². The fraction of sp³-hybridized carbons (Fsp3) is 0.917. The van der Waals surface area contributed by atoms with E-state index in [4.69, 9.17) is 15.3 Å². The monoisotopic (exact) mass is 226 g/mol. The van der Waals surface area contributed by atoms with E-state index in [-0.39, 0.29) is 18.1 Å². The average molecular weight is 226 g/mol. The van der Waals surface area contributed by atoms with Crippen LogP contribution in [0.1, 0.15) is 39.0 Å². The van der Waals surface area contributed by atoms with E-state index in [1.54, 1.807) is 0 Å². The lowest BCUT2D eigenvalue weighted by atomic mass is 9.82. The highest BCUT2D eigenvalue weighted by atomic mass is 16.5. The third kappa shape index (κ3) is 1.84. The molecule has 92 valence electrons. The fourth-order valence-electron chi connectivity index (χ4n) is 3.06. The molecule has 4 nitrogen and oxygen atoms in total. The Labute approximate surface area is 96.9 Å². The number of rotatable bonds is 4. The molecule has 0 aromatic carbocycles. The molecular weight excluding hydrogens is 204 g/mol. The van der Waals surface area contributed by atoms with Gasteiger partial charge in [-0.1, -0.05) is 13.3 Å². The summed E-state index contributed by atoms with van der Waals surface area (Å²) in [6, 6.07) is 0.427. The maximum atomic E-state index is 9.12. The average Bonchev–Trinajstić information content (AvgIpc) is 2.84. The van der Waals surface area contributed by atoms with Crippen molar-refractivity contribution >= 4 is 5.90 Å². The van der Waals surface area contributed by atoms with E-state index in [0.29, 0.717) is 11.9 Å². The van der Waals surface area contributed by atoms with Crippen LogP contribution in [0.15, 0.2) is 0 Å². The number of hydrogen-bond donors (Lipinski definition) is 3. The highest BCUT2D eigenvalue weighted by Crippen LogP contribution is 2.45. The van der Waals surface area contributed by atoms with Gasteiger partial charge in [-0.15, -0.1) is 0 Å². The first-order valence-electron chi connectivity index (χ1n) is 6.33. The van der Waals surface area contributed by atoms with Crippen molar-refractivity contribution < 1.29 is 9.84 Å². The van der Waals surface area contributed by atoms with Crippen molar-refractivity contribution in [1.82, 2.24) is 5.32 Å². The zero-order chi connectivity index (χ0) is 11.6. The molecule has 3 atom stereocenters. The third-order valence-corrected chi connectivity index (χ3v) is 4.14. The Balaban J connectivity index is 2.03. The van der Waals surface area contributed by atoms with Gasteiger partial charge in [0.25, 0.3) is 0 Å². The minimum absolute atomic E-state index is 0.00700. The molecule has 1 heterocycles. The van der Waals surface area contributed by atoms with Crippen LogP contribution >= 0.6 is 0 Å². The standard InChI is InChI=1S/C12H22N2O2/c1-2-9(8-15)16-11(13)12-5-3-4-10(12)14-7-6-12/h9-10,13-15H,2-8H2,1H3/t9?,10?,12-/m0/s1. The summed E-state index contributed by atoms with van der Waals surface area (Å²) in [7, 11) is 0. The summed E-state index contributed by atoms with van der Waals surface area (Å²) in [4.78, 5) is 0. The Morgan fingerprint density at radius 1 is 1.62 bits per heavy atom. The molecule has 1 aliphatic carbocycles. The van der Waals surface area contributed by atoms with E-state index < -0.39 is 0 Å². The summed E-state index contributed by atoms with van der Waals surface area (Å²) >= 11 is 0. The lowest BCUT2D eigenvalue weighted by Gasteiger charge is -2.31. The third-order valence-electron chi connectivity index (χ3n) is 4.14. The smallest absolute Gasteiger partial charge is 0.188 e. The Morgan fingerprint density at radius 2 is 2.44 bits per heavy atom. The molecule has 0 bridgehead atoms. The van der Waals surface area contributed by atoms with Gasteiger partial charge in [0.05, 0.1) is 12.0 Å². The maximum Gasteiger partial charge on any atom is 0.188 e. The molecule has 0 aromatic rings. The van der Waals surface area contributed by atoms with Crippen LogP contribution in [0.3, 0.4) is 0 Å². The Bertz CT molecular complexity index is 254. The molecule has 1 aliphatic heterocycles. The van der Waals surface area contributed by atoms with Gasteiger partial charge in [0.2, 0.25) is 0 Å². The summed E-state index contributed by atoms with van der Waals surface area (Å²) in [5, 5.41) is 20.8. The summed E-state index contributed by atoms with van der Waals surface area (Å²) in [6.07, 6.45) is 4.96. The fourth-order valence-corrected chi connectivity index (χ4v) is 3.06. The number of aliphatic hydroxyl groups excluding tert-OH is 1. The number of ether oxygens (including phenoxy) is 1. The molecule has 2 fully saturated rings. The second-order valence-corrected chi connectivity index (χ2v) is 4.96. The van der Waals surface area contributed by atoms with Crippen molar-refractivity contribution in [3.63, 3.8) is 0 Å². The molecule has 2 aliphatic rings. The number of hydrogen-bond acceptors (Lipinski definition) is 4. The van der Waals surface area contributed by atoms with Crippen LogP contribution in [0.4, 0.5) is 0 Å². The van der Waals surface area contributed by atoms with Crippen LogP contribution in [0.5, 0.6) is 0 Å². The summed E-state index contributed by atoms with van der Waals surface area (Å²) in [6.45, 7) is 2.98. The van der Waals surface area contributed by atoms with Crippen LogP contribution in [0.25, 0.3) is 0 Å². The first-order chi connectivity index (χ1) is 7.73. The van der Waals surface area contributed by atoms with Crippen LogP contribution in [0, 0.1) is 10.8 Å². The van der Waals surface area contributed by atoms with Gasteiger partial charge >= 0.3 is 0 Å². The second kappa shape index (κ2) is 4.72. The number of nitrogens with one attached hydrogen (secondary N) is 2. The highest BCUT2D eigenvalue weighted by molar-refractivity contribution is 5.81. The van der Waals surface area contributed by atoms with Gasteiger partial charge in [-0.3, -0.25) is 5.41 Å². The molecule has 16 heavy (non-hydrogen) atoms. The zero-order valence-electron chi connectivity index (χ0n) is 9.96. The summed E-state index contributed by atoms with van der Waals surface area (Å²) < 4.78 is 5.63. The van der Waals surface area contributed by atoms with Gasteiger partial charge in [-0.2, -0.15) is 0 Å². The van der Waals surface area contributed by atoms with Crippen molar-refractivity contribution in [2.24, 2.45) is 5.41 Å².